The molecule has 0 N–H and O–H groups in total. The zero-order valence-electron chi connectivity index (χ0n) is 14.1. The van der Waals surface area contributed by atoms with Gasteiger partial charge in [0, 0.05) is 37.9 Å². The van der Waals surface area contributed by atoms with Crippen molar-refractivity contribution in [3.8, 4) is 10.6 Å². The molecule has 2 aromatic heterocycles. The van der Waals surface area contributed by atoms with E-state index < -0.39 is 0 Å². The standard InChI is InChI=1S/C20H18FN3OS/c21-16-4-1-2-5-18(16)23-9-11-24(12-10-23)20(25)15-7-8-22-17(14-15)19-6-3-13-26-19/h1-8,13-14H,9-12H2. The third-order valence-electron chi connectivity index (χ3n) is 4.54. The van der Waals surface area contributed by atoms with E-state index in [9.17, 15) is 9.18 Å². The highest BCUT2D eigenvalue weighted by Gasteiger charge is 2.23. The van der Waals surface area contributed by atoms with Gasteiger partial charge in [-0.25, -0.2) is 4.39 Å². The largest absolute Gasteiger partial charge is 0.366 e. The number of anilines is 1. The summed E-state index contributed by atoms with van der Waals surface area (Å²) in [6.45, 7) is 2.39. The molecule has 6 heteroatoms. The average molecular weight is 367 g/mol. The molecule has 132 valence electrons. The van der Waals surface area contributed by atoms with Crippen LogP contribution >= 0.6 is 11.3 Å². The van der Waals surface area contributed by atoms with E-state index in [1.54, 1.807) is 35.7 Å². The van der Waals surface area contributed by atoms with Crippen LogP contribution in [-0.4, -0.2) is 42.0 Å². The molecule has 1 fully saturated rings. The second-order valence-corrected chi connectivity index (χ2v) is 7.09. The van der Waals surface area contributed by atoms with Crippen molar-refractivity contribution in [2.75, 3.05) is 31.1 Å². The van der Waals surface area contributed by atoms with Crippen LogP contribution in [0.5, 0.6) is 0 Å². The molecule has 0 aliphatic carbocycles. The summed E-state index contributed by atoms with van der Waals surface area (Å²) in [7, 11) is 0. The second-order valence-electron chi connectivity index (χ2n) is 6.14. The number of nitrogens with zero attached hydrogens (tertiary/aromatic N) is 3. The Morgan fingerprint density at radius 3 is 2.58 bits per heavy atom. The summed E-state index contributed by atoms with van der Waals surface area (Å²) in [4.78, 5) is 22.1. The SMILES string of the molecule is O=C(c1ccnc(-c2cccs2)c1)N1CCN(c2ccccc2F)CC1. The summed E-state index contributed by atoms with van der Waals surface area (Å²) in [6.07, 6.45) is 1.68. The molecule has 0 spiro atoms. The third kappa shape index (κ3) is 3.32. The number of rotatable bonds is 3. The maximum absolute atomic E-state index is 13.9. The van der Waals surface area contributed by atoms with Crippen LogP contribution < -0.4 is 4.90 Å². The van der Waals surface area contributed by atoms with Crippen molar-refractivity contribution >= 4 is 22.9 Å². The molecule has 0 atom stereocenters. The first kappa shape index (κ1) is 16.7. The van der Waals surface area contributed by atoms with Gasteiger partial charge in [-0.05, 0) is 35.7 Å². The summed E-state index contributed by atoms with van der Waals surface area (Å²) in [5, 5.41) is 1.99. The van der Waals surface area contributed by atoms with Crippen LogP contribution in [0, 0.1) is 5.82 Å². The van der Waals surface area contributed by atoms with Gasteiger partial charge in [0.2, 0.25) is 0 Å². The van der Waals surface area contributed by atoms with E-state index >= 15 is 0 Å². The number of aromatic nitrogens is 1. The van der Waals surface area contributed by atoms with Crippen LogP contribution in [0.3, 0.4) is 0 Å². The van der Waals surface area contributed by atoms with Crippen molar-refractivity contribution in [2.45, 2.75) is 0 Å². The molecule has 26 heavy (non-hydrogen) atoms. The van der Waals surface area contributed by atoms with Crippen molar-refractivity contribution in [1.82, 2.24) is 9.88 Å². The number of hydrogen-bond donors (Lipinski definition) is 0. The van der Waals surface area contributed by atoms with Crippen molar-refractivity contribution in [1.29, 1.82) is 0 Å². The van der Waals surface area contributed by atoms with Gasteiger partial charge in [0.15, 0.2) is 0 Å². The fraction of sp³-hybridized carbons (Fsp3) is 0.200. The summed E-state index contributed by atoms with van der Waals surface area (Å²) in [5.41, 5.74) is 2.06. The third-order valence-corrected chi connectivity index (χ3v) is 5.43. The first-order valence-corrected chi connectivity index (χ1v) is 9.39. The summed E-state index contributed by atoms with van der Waals surface area (Å²) in [5.74, 6) is -0.222. The van der Waals surface area contributed by atoms with Crippen molar-refractivity contribution in [3.05, 3.63) is 71.5 Å². The van der Waals surface area contributed by atoms with Gasteiger partial charge in [-0.15, -0.1) is 11.3 Å². The molecule has 0 saturated carbocycles. The highest BCUT2D eigenvalue weighted by Crippen LogP contribution is 2.24. The number of para-hydroxylation sites is 1. The first-order chi connectivity index (χ1) is 12.7. The molecular weight excluding hydrogens is 349 g/mol. The van der Waals surface area contributed by atoms with E-state index in [1.807, 2.05) is 39.4 Å². The highest BCUT2D eigenvalue weighted by molar-refractivity contribution is 7.13. The molecule has 0 bridgehead atoms. The molecule has 4 rings (SSSR count). The Hall–Kier alpha value is -2.73. The minimum atomic E-state index is -0.220. The van der Waals surface area contributed by atoms with Gasteiger partial charge in [-0.3, -0.25) is 9.78 Å². The zero-order chi connectivity index (χ0) is 17.9. The molecule has 1 saturated heterocycles. The molecule has 3 aromatic rings. The maximum Gasteiger partial charge on any atom is 0.254 e. The topological polar surface area (TPSA) is 36.4 Å². The minimum absolute atomic E-state index is 0.00149. The molecule has 1 aromatic carbocycles. The number of thiophene rings is 1. The average Bonchev–Trinajstić information content (AvgIpc) is 3.23. The van der Waals surface area contributed by atoms with Gasteiger partial charge in [-0.1, -0.05) is 18.2 Å². The smallest absolute Gasteiger partial charge is 0.254 e. The quantitative estimate of drug-likeness (QED) is 0.704. The van der Waals surface area contributed by atoms with Crippen LogP contribution in [0.1, 0.15) is 10.4 Å². The van der Waals surface area contributed by atoms with Crippen molar-refractivity contribution < 1.29 is 9.18 Å². The molecule has 1 aliphatic heterocycles. The molecule has 3 heterocycles. The van der Waals surface area contributed by atoms with E-state index in [1.165, 1.54) is 6.07 Å². The van der Waals surface area contributed by atoms with E-state index in [0.717, 1.165) is 10.6 Å². The van der Waals surface area contributed by atoms with Gasteiger partial charge in [0.25, 0.3) is 5.91 Å². The molecule has 1 aliphatic rings. The molecule has 1 amide bonds. The summed E-state index contributed by atoms with van der Waals surface area (Å²) >= 11 is 1.60. The summed E-state index contributed by atoms with van der Waals surface area (Å²) < 4.78 is 13.9. The number of piperazine rings is 1. The van der Waals surface area contributed by atoms with Gasteiger partial charge < -0.3 is 9.80 Å². The molecular formula is C20H18FN3OS. The lowest BCUT2D eigenvalue weighted by Crippen LogP contribution is -2.49. The van der Waals surface area contributed by atoms with Gasteiger partial charge in [-0.2, -0.15) is 0 Å². The number of carbonyl (C=O) groups is 1. The normalized spacial score (nSPS) is 14.5. The van der Waals surface area contributed by atoms with Crippen LogP contribution in [0.2, 0.25) is 0 Å². The van der Waals surface area contributed by atoms with Gasteiger partial charge in [0.05, 0.1) is 16.3 Å². The van der Waals surface area contributed by atoms with Crippen LogP contribution in [0.4, 0.5) is 10.1 Å². The monoisotopic (exact) mass is 367 g/mol. The van der Waals surface area contributed by atoms with E-state index in [2.05, 4.69) is 4.98 Å². The highest BCUT2D eigenvalue weighted by atomic mass is 32.1. The van der Waals surface area contributed by atoms with Crippen LogP contribution in [0.25, 0.3) is 10.6 Å². The number of benzene rings is 1. The Bertz CT molecular complexity index is 905. The Morgan fingerprint density at radius 2 is 1.85 bits per heavy atom. The Kier molecular flexibility index (Phi) is 4.67. The fourth-order valence-corrected chi connectivity index (χ4v) is 3.86. The van der Waals surface area contributed by atoms with E-state index in [-0.39, 0.29) is 11.7 Å². The number of carbonyl (C=O) groups excluding carboxylic acids is 1. The predicted octanol–water partition coefficient (Wildman–Crippen LogP) is 3.91. The molecule has 0 unspecified atom stereocenters. The lowest BCUT2D eigenvalue weighted by atomic mass is 10.1. The number of halogens is 1. The lowest BCUT2D eigenvalue weighted by Gasteiger charge is -2.36. The molecule has 0 radical (unpaired) electrons. The number of amides is 1. The van der Waals surface area contributed by atoms with E-state index in [4.69, 9.17) is 0 Å². The van der Waals surface area contributed by atoms with Gasteiger partial charge >= 0.3 is 0 Å². The number of pyridine rings is 1. The predicted molar refractivity (Wildman–Crippen MR) is 102 cm³/mol. The maximum atomic E-state index is 13.9. The van der Waals surface area contributed by atoms with Crippen molar-refractivity contribution in [2.24, 2.45) is 0 Å². The number of hydrogen-bond acceptors (Lipinski definition) is 4. The van der Waals surface area contributed by atoms with Gasteiger partial charge in [0.1, 0.15) is 5.82 Å². The van der Waals surface area contributed by atoms with Crippen molar-refractivity contribution in [3.63, 3.8) is 0 Å². The Morgan fingerprint density at radius 1 is 1.04 bits per heavy atom. The Labute approximate surface area is 155 Å². The molecule has 4 nitrogen and oxygen atoms in total. The van der Waals surface area contributed by atoms with Crippen LogP contribution in [0.15, 0.2) is 60.1 Å². The first-order valence-electron chi connectivity index (χ1n) is 8.51. The lowest BCUT2D eigenvalue weighted by molar-refractivity contribution is 0.0746. The fourth-order valence-electron chi connectivity index (χ4n) is 3.16. The summed E-state index contributed by atoms with van der Waals surface area (Å²) in [6, 6.07) is 14.3. The second kappa shape index (κ2) is 7.25. The zero-order valence-corrected chi connectivity index (χ0v) is 15.0. The van der Waals surface area contributed by atoms with Crippen LogP contribution in [-0.2, 0) is 0 Å². The minimum Gasteiger partial charge on any atom is -0.366 e. The Balaban J connectivity index is 1.46. The van der Waals surface area contributed by atoms with E-state index in [0.29, 0.717) is 37.4 Å².